The zero-order chi connectivity index (χ0) is 22.5. The number of nitrogens with one attached hydrogen (secondary N) is 1. The SMILES string of the molecule is CSc1nc2n(n1)[C@@H](c1ccc(F)cc1)C1=C(N2)c2ccccc2O[C@H]1c1ccc(C)cc1. The van der Waals surface area contributed by atoms with Crippen LogP contribution in [0.3, 0.4) is 0 Å². The second kappa shape index (κ2) is 7.78. The number of hydrogen-bond acceptors (Lipinski definition) is 5. The Morgan fingerprint density at radius 2 is 1.70 bits per heavy atom. The minimum atomic E-state index is -0.340. The van der Waals surface area contributed by atoms with Gasteiger partial charge in [0.25, 0.3) is 0 Å². The number of rotatable bonds is 3. The van der Waals surface area contributed by atoms with E-state index in [0.717, 1.165) is 33.7 Å². The highest BCUT2D eigenvalue weighted by Crippen LogP contribution is 2.50. The Hall–Kier alpha value is -3.58. The molecule has 0 bridgehead atoms. The van der Waals surface area contributed by atoms with Crippen LogP contribution >= 0.6 is 11.8 Å². The molecule has 0 amide bonds. The van der Waals surface area contributed by atoms with Gasteiger partial charge in [-0.1, -0.05) is 65.9 Å². The number of ether oxygens (including phenoxy) is 1. The average Bonchev–Trinajstić information content (AvgIpc) is 3.26. The predicted octanol–water partition coefficient (Wildman–Crippen LogP) is 6.01. The van der Waals surface area contributed by atoms with Crippen LogP contribution in [0.2, 0.25) is 0 Å². The van der Waals surface area contributed by atoms with Crippen LogP contribution in [0.15, 0.2) is 83.5 Å². The number of nitrogens with zero attached hydrogens (tertiary/aromatic N) is 3. The van der Waals surface area contributed by atoms with Crippen molar-refractivity contribution in [1.29, 1.82) is 0 Å². The molecule has 0 radical (unpaired) electrons. The summed E-state index contributed by atoms with van der Waals surface area (Å²) in [4.78, 5) is 4.69. The molecule has 4 aromatic rings. The van der Waals surface area contributed by atoms with Crippen LogP contribution in [0.25, 0.3) is 5.70 Å². The number of aromatic nitrogens is 3. The highest BCUT2D eigenvalue weighted by atomic mass is 32.2. The molecule has 0 unspecified atom stereocenters. The van der Waals surface area contributed by atoms with Gasteiger partial charge in [0, 0.05) is 11.1 Å². The van der Waals surface area contributed by atoms with Crippen LogP contribution < -0.4 is 10.1 Å². The van der Waals surface area contributed by atoms with Gasteiger partial charge in [0.05, 0.1) is 5.70 Å². The first-order valence-electron chi connectivity index (χ1n) is 10.7. The van der Waals surface area contributed by atoms with Crippen LogP contribution in [-0.2, 0) is 0 Å². The Morgan fingerprint density at radius 3 is 2.45 bits per heavy atom. The monoisotopic (exact) mass is 456 g/mol. The number of thioether (sulfide) groups is 1. The second-order valence-electron chi connectivity index (χ2n) is 8.18. The predicted molar refractivity (Wildman–Crippen MR) is 128 cm³/mol. The van der Waals surface area contributed by atoms with E-state index in [9.17, 15) is 4.39 Å². The van der Waals surface area contributed by atoms with Crippen molar-refractivity contribution in [3.05, 3.63) is 106 Å². The molecule has 33 heavy (non-hydrogen) atoms. The molecule has 1 aromatic heterocycles. The Balaban J connectivity index is 1.62. The zero-order valence-corrected chi connectivity index (χ0v) is 18.9. The third-order valence-electron chi connectivity index (χ3n) is 6.11. The van der Waals surface area contributed by atoms with E-state index in [4.69, 9.17) is 14.8 Å². The molecule has 0 spiro atoms. The molecule has 2 atom stereocenters. The highest BCUT2D eigenvalue weighted by molar-refractivity contribution is 7.98. The number of halogens is 1. The van der Waals surface area contributed by atoms with Gasteiger partial charge in [-0.3, -0.25) is 0 Å². The van der Waals surface area contributed by atoms with Gasteiger partial charge < -0.3 is 10.1 Å². The van der Waals surface area contributed by atoms with Crippen molar-refractivity contribution in [2.24, 2.45) is 0 Å². The second-order valence-corrected chi connectivity index (χ2v) is 8.95. The number of hydrogen-bond donors (Lipinski definition) is 1. The summed E-state index contributed by atoms with van der Waals surface area (Å²) in [5.74, 6) is 1.20. The van der Waals surface area contributed by atoms with E-state index in [1.165, 1.54) is 29.5 Å². The first kappa shape index (κ1) is 20.1. The summed E-state index contributed by atoms with van der Waals surface area (Å²) in [6, 6.07) is 22.7. The van der Waals surface area contributed by atoms with Gasteiger partial charge in [-0.2, -0.15) is 4.98 Å². The molecule has 0 aliphatic carbocycles. The molecule has 0 saturated heterocycles. The molecule has 1 N–H and O–H groups in total. The van der Waals surface area contributed by atoms with Crippen LogP contribution in [-0.4, -0.2) is 21.0 Å². The molecular weight excluding hydrogens is 435 g/mol. The summed E-state index contributed by atoms with van der Waals surface area (Å²) in [5, 5.41) is 8.97. The third kappa shape index (κ3) is 3.31. The molecule has 3 aromatic carbocycles. The van der Waals surface area contributed by atoms with E-state index < -0.39 is 0 Å². The Bertz CT molecular complexity index is 1380. The first-order chi connectivity index (χ1) is 16.1. The first-order valence-corrected chi connectivity index (χ1v) is 11.9. The van der Waals surface area contributed by atoms with E-state index in [0.29, 0.717) is 11.1 Å². The number of fused-ring (bicyclic) bond motifs is 3. The van der Waals surface area contributed by atoms with E-state index >= 15 is 0 Å². The lowest BCUT2D eigenvalue weighted by atomic mass is 9.84. The molecule has 2 aliphatic rings. The number of para-hydroxylation sites is 1. The van der Waals surface area contributed by atoms with E-state index in [1.807, 2.05) is 47.3 Å². The quantitative estimate of drug-likeness (QED) is 0.383. The maximum atomic E-state index is 13.8. The lowest BCUT2D eigenvalue weighted by Gasteiger charge is -2.39. The van der Waals surface area contributed by atoms with Gasteiger partial charge in [0.1, 0.15) is 23.7 Å². The lowest BCUT2D eigenvalue weighted by Crippen LogP contribution is -2.32. The average molecular weight is 457 g/mol. The number of anilines is 1. The highest BCUT2D eigenvalue weighted by Gasteiger charge is 2.41. The Morgan fingerprint density at radius 1 is 0.970 bits per heavy atom. The summed E-state index contributed by atoms with van der Waals surface area (Å²) in [6.07, 6.45) is 1.61. The standard InChI is InChI=1S/C26H21FN4OS/c1-15-7-9-17(10-8-15)24-21-22(19-5-3-4-6-20(19)32-24)28-25-29-26(33-2)30-31(25)23(21)16-11-13-18(27)14-12-16/h3-14,23-24H,1-2H3,(H,28,29,30)/t23-,24-/m0/s1. The van der Waals surface area contributed by atoms with E-state index in [-0.39, 0.29) is 18.0 Å². The fourth-order valence-electron chi connectivity index (χ4n) is 4.53. The Labute approximate surface area is 195 Å². The fourth-order valence-corrected chi connectivity index (χ4v) is 4.87. The van der Waals surface area contributed by atoms with Crippen LogP contribution in [0.4, 0.5) is 10.3 Å². The van der Waals surface area contributed by atoms with Crippen molar-refractivity contribution in [3.63, 3.8) is 0 Å². The smallest absolute Gasteiger partial charge is 0.227 e. The fraction of sp³-hybridized carbons (Fsp3) is 0.154. The topological polar surface area (TPSA) is 52.0 Å². The maximum Gasteiger partial charge on any atom is 0.227 e. The summed E-state index contributed by atoms with van der Waals surface area (Å²) < 4.78 is 22.3. The van der Waals surface area contributed by atoms with Crippen molar-refractivity contribution in [3.8, 4) is 5.75 Å². The van der Waals surface area contributed by atoms with Gasteiger partial charge in [0.2, 0.25) is 11.1 Å². The van der Waals surface area contributed by atoms with Gasteiger partial charge in [-0.15, -0.1) is 5.10 Å². The normalized spacial score (nSPS) is 18.6. The molecule has 6 rings (SSSR count). The molecule has 3 heterocycles. The maximum absolute atomic E-state index is 13.8. The van der Waals surface area contributed by atoms with Crippen molar-refractivity contribution >= 4 is 23.4 Å². The van der Waals surface area contributed by atoms with Crippen molar-refractivity contribution in [1.82, 2.24) is 14.8 Å². The number of aryl methyl sites for hydroxylation is 1. The molecule has 0 fully saturated rings. The van der Waals surface area contributed by atoms with E-state index in [1.54, 1.807) is 0 Å². The minimum absolute atomic E-state index is 0.272. The minimum Gasteiger partial charge on any atom is -0.480 e. The molecule has 5 nitrogen and oxygen atoms in total. The van der Waals surface area contributed by atoms with Crippen LogP contribution in [0.5, 0.6) is 5.75 Å². The summed E-state index contributed by atoms with van der Waals surface area (Å²) >= 11 is 1.49. The van der Waals surface area contributed by atoms with Crippen molar-refractivity contribution < 1.29 is 9.13 Å². The van der Waals surface area contributed by atoms with Gasteiger partial charge in [-0.05, 0) is 48.6 Å². The summed E-state index contributed by atoms with van der Waals surface area (Å²) in [6.45, 7) is 2.07. The zero-order valence-electron chi connectivity index (χ0n) is 18.1. The molecule has 7 heteroatoms. The van der Waals surface area contributed by atoms with Crippen molar-refractivity contribution in [2.75, 3.05) is 11.6 Å². The van der Waals surface area contributed by atoms with E-state index in [2.05, 4.69) is 36.5 Å². The molecule has 2 aliphatic heterocycles. The number of benzene rings is 3. The molecule has 164 valence electrons. The molecule has 0 saturated carbocycles. The van der Waals surface area contributed by atoms with Crippen LogP contribution in [0.1, 0.15) is 34.4 Å². The Kier molecular flexibility index (Phi) is 4.73. The molecular formula is C26H21FN4OS. The van der Waals surface area contributed by atoms with Crippen LogP contribution in [0, 0.1) is 12.7 Å². The largest absolute Gasteiger partial charge is 0.480 e. The van der Waals surface area contributed by atoms with Gasteiger partial charge in [0.15, 0.2) is 0 Å². The third-order valence-corrected chi connectivity index (χ3v) is 6.65. The van der Waals surface area contributed by atoms with Gasteiger partial charge in [-0.25, -0.2) is 9.07 Å². The lowest BCUT2D eigenvalue weighted by molar-refractivity contribution is 0.223. The summed E-state index contributed by atoms with van der Waals surface area (Å²) in [7, 11) is 0. The van der Waals surface area contributed by atoms with Gasteiger partial charge >= 0.3 is 0 Å². The summed E-state index contributed by atoms with van der Waals surface area (Å²) in [5.41, 5.74) is 6.11. The van der Waals surface area contributed by atoms with Crippen molar-refractivity contribution in [2.45, 2.75) is 24.2 Å².